The van der Waals surface area contributed by atoms with Crippen LogP contribution in [0.2, 0.25) is 0 Å². The summed E-state index contributed by atoms with van der Waals surface area (Å²) in [6, 6.07) is 9.74. The van der Waals surface area contributed by atoms with E-state index in [4.69, 9.17) is 19.5 Å². The minimum Gasteiger partial charge on any atom is -0.413 e. The quantitative estimate of drug-likeness (QED) is 0.382. The number of hydrogen-bond acceptors (Lipinski definition) is 9. The first-order chi connectivity index (χ1) is 13.9. The molecule has 11 nitrogen and oxygen atoms in total. The molecule has 29 heavy (non-hydrogen) atoms. The number of nitrogens with one attached hydrogen (secondary N) is 1. The second-order valence-electron chi connectivity index (χ2n) is 6.22. The van der Waals surface area contributed by atoms with Crippen molar-refractivity contribution in [1.82, 2.24) is 14.6 Å². The highest BCUT2D eigenvalue weighted by Gasteiger charge is 2.38. The molecule has 1 aliphatic rings. The van der Waals surface area contributed by atoms with E-state index in [-0.39, 0.29) is 25.4 Å². The lowest BCUT2D eigenvalue weighted by Gasteiger charge is -2.21. The summed E-state index contributed by atoms with van der Waals surface area (Å²) in [5, 5.41) is 12.7. The van der Waals surface area contributed by atoms with Crippen LogP contribution in [0.3, 0.4) is 0 Å². The summed E-state index contributed by atoms with van der Waals surface area (Å²) < 4.78 is 30.5. The molecule has 1 fully saturated rings. The van der Waals surface area contributed by atoms with Crippen LogP contribution < -0.4 is 21.0 Å². The summed E-state index contributed by atoms with van der Waals surface area (Å²) in [7, 11) is -3.88. The second-order valence-corrected chi connectivity index (χ2v) is 7.97. The molecule has 4 atom stereocenters. The molecule has 1 aromatic carbocycles. The zero-order chi connectivity index (χ0) is 20.9. The van der Waals surface area contributed by atoms with Crippen LogP contribution in [0.4, 0.5) is 5.82 Å². The number of aliphatic hydroxyl groups excluding tert-OH is 1. The van der Waals surface area contributed by atoms with Gasteiger partial charge in [0.15, 0.2) is 6.23 Å². The van der Waals surface area contributed by atoms with Crippen LogP contribution in [0.25, 0.3) is 0 Å². The molecule has 156 valence electrons. The highest BCUT2D eigenvalue weighted by molar-refractivity contribution is 7.52. The van der Waals surface area contributed by atoms with Crippen molar-refractivity contribution in [3.63, 3.8) is 0 Å². The number of hydrogen-bond donors (Lipinski definition) is 3. The number of rotatable bonds is 9. The Morgan fingerprint density at radius 1 is 1.38 bits per heavy atom. The summed E-state index contributed by atoms with van der Waals surface area (Å²) in [6.07, 6.45) is -0.649. The van der Waals surface area contributed by atoms with Gasteiger partial charge in [0.25, 0.3) is 0 Å². The van der Waals surface area contributed by atoms with Gasteiger partial charge in [-0.25, -0.2) is 14.4 Å². The van der Waals surface area contributed by atoms with E-state index in [0.29, 0.717) is 12.0 Å². The van der Waals surface area contributed by atoms with Crippen molar-refractivity contribution in [2.45, 2.75) is 24.9 Å². The Bertz CT molecular complexity index is 939. The molecule has 0 spiro atoms. The smallest absolute Gasteiger partial charge is 0.413 e. The number of carbonyl (C=O) groups excluding carboxylic acids is 1. The summed E-state index contributed by atoms with van der Waals surface area (Å²) >= 11 is 0. The summed E-state index contributed by atoms with van der Waals surface area (Å²) in [5.41, 5.74) is 4.80. The highest BCUT2D eigenvalue weighted by Crippen LogP contribution is 2.44. The number of aldehydes is 1. The van der Waals surface area contributed by atoms with E-state index < -0.39 is 31.9 Å². The van der Waals surface area contributed by atoms with Crippen molar-refractivity contribution in [3.8, 4) is 5.75 Å². The fourth-order valence-corrected chi connectivity index (χ4v) is 4.03. The Morgan fingerprint density at radius 2 is 2.14 bits per heavy atom. The number of nitrogen functional groups attached to an aromatic ring is 1. The Hall–Kier alpha value is -2.56. The van der Waals surface area contributed by atoms with Crippen molar-refractivity contribution in [2.75, 3.05) is 18.9 Å². The Labute approximate surface area is 166 Å². The van der Waals surface area contributed by atoms with Crippen molar-refractivity contribution in [2.24, 2.45) is 0 Å². The van der Waals surface area contributed by atoms with Gasteiger partial charge in [0.05, 0.1) is 19.3 Å². The van der Waals surface area contributed by atoms with Gasteiger partial charge in [0, 0.05) is 12.6 Å². The van der Waals surface area contributed by atoms with Crippen LogP contribution in [0.1, 0.15) is 12.6 Å². The number of nitrogens with zero attached hydrogens (tertiary/aromatic N) is 2. The lowest BCUT2D eigenvalue weighted by atomic mass is 10.2. The van der Waals surface area contributed by atoms with E-state index in [9.17, 15) is 19.3 Å². The average Bonchev–Trinajstić information content (AvgIpc) is 3.06. The van der Waals surface area contributed by atoms with Gasteiger partial charge in [-0.15, -0.1) is 0 Å². The normalized spacial score (nSPS) is 23.4. The molecule has 3 rings (SSSR count). The molecule has 2 aromatic rings. The van der Waals surface area contributed by atoms with Gasteiger partial charge < -0.3 is 24.9 Å². The molecular formula is C17H21N4O7P. The molecule has 0 radical (unpaired) electrons. The number of aromatic nitrogens is 2. The second kappa shape index (κ2) is 9.29. The first kappa shape index (κ1) is 21.2. The topological polar surface area (TPSA) is 155 Å². The zero-order valence-electron chi connectivity index (χ0n) is 15.3. The van der Waals surface area contributed by atoms with E-state index >= 15 is 0 Å². The predicted octanol–water partition coefficient (Wildman–Crippen LogP) is 0.466. The third-order valence-electron chi connectivity index (χ3n) is 4.06. The molecule has 1 saturated heterocycles. The Morgan fingerprint density at radius 3 is 2.83 bits per heavy atom. The van der Waals surface area contributed by atoms with Crippen LogP contribution in [0, 0.1) is 0 Å². The highest BCUT2D eigenvalue weighted by atomic mass is 31.2. The first-order valence-corrected chi connectivity index (χ1v) is 10.3. The van der Waals surface area contributed by atoms with Crippen LogP contribution in [-0.2, 0) is 18.6 Å². The van der Waals surface area contributed by atoms with Crippen molar-refractivity contribution < 1.29 is 28.3 Å². The minimum absolute atomic E-state index is 0.0545. The van der Waals surface area contributed by atoms with E-state index in [1.165, 1.54) is 12.3 Å². The standard InChI is InChI=1S/C17H21N4O7P/c18-15-6-8-21(17(24)20-15)16-14(23)10-13(27-16)11-26-29(25,19-7-9-22)28-12-4-2-1-3-5-12/h1-6,8-9,13-14,16,23H,7,10-11H2,(H,19,25)(H2,18,20,24). The zero-order valence-corrected chi connectivity index (χ0v) is 16.2. The number of benzene rings is 1. The number of anilines is 1. The van der Waals surface area contributed by atoms with E-state index in [0.717, 1.165) is 4.57 Å². The van der Waals surface area contributed by atoms with Crippen molar-refractivity contribution in [1.29, 1.82) is 0 Å². The lowest BCUT2D eigenvalue weighted by molar-refractivity contribution is -0.107. The van der Waals surface area contributed by atoms with Gasteiger partial charge in [-0.3, -0.25) is 9.09 Å². The van der Waals surface area contributed by atoms with E-state index in [1.807, 2.05) is 0 Å². The molecule has 2 heterocycles. The van der Waals surface area contributed by atoms with Gasteiger partial charge in [0.1, 0.15) is 24.0 Å². The van der Waals surface area contributed by atoms with Crippen molar-refractivity contribution in [3.05, 3.63) is 53.1 Å². The largest absolute Gasteiger partial charge is 0.459 e. The molecule has 0 aliphatic carbocycles. The third-order valence-corrected chi connectivity index (χ3v) is 5.57. The fraction of sp³-hybridized carbons (Fsp3) is 0.353. The van der Waals surface area contributed by atoms with E-state index in [2.05, 4.69) is 10.1 Å². The Kier molecular flexibility index (Phi) is 6.78. The molecule has 4 unspecified atom stereocenters. The third kappa shape index (κ3) is 5.49. The monoisotopic (exact) mass is 424 g/mol. The lowest BCUT2D eigenvalue weighted by Crippen LogP contribution is -2.32. The molecule has 1 aromatic heterocycles. The van der Waals surface area contributed by atoms with Gasteiger partial charge >= 0.3 is 13.4 Å². The fourth-order valence-electron chi connectivity index (χ4n) is 2.76. The van der Waals surface area contributed by atoms with Crippen LogP contribution in [0.15, 0.2) is 47.4 Å². The van der Waals surface area contributed by atoms with Gasteiger partial charge in [-0.1, -0.05) is 18.2 Å². The number of nitrogens with two attached hydrogens (primary N) is 1. The van der Waals surface area contributed by atoms with Gasteiger partial charge in [-0.2, -0.15) is 4.98 Å². The number of ether oxygens (including phenoxy) is 1. The van der Waals surface area contributed by atoms with Crippen LogP contribution in [0.5, 0.6) is 5.75 Å². The maximum absolute atomic E-state index is 12.9. The summed E-state index contributed by atoms with van der Waals surface area (Å²) in [6.45, 7) is -0.450. The SMILES string of the molecule is Nc1ccn(C2OC(COP(=O)(NCC=O)Oc3ccccc3)CC2O)c(=O)n1. The number of aliphatic hydroxyl groups is 1. The number of para-hydroxylation sites is 1. The van der Waals surface area contributed by atoms with Gasteiger partial charge in [-0.05, 0) is 18.2 Å². The minimum atomic E-state index is -3.88. The van der Waals surface area contributed by atoms with Crippen molar-refractivity contribution >= 4 is 19.9 Å². The van der Waals surface area contributed by atoms with Crippen LogP contribution >= 0.6 is 7.75 Å². The molecule has 0 bridgehead atoms. The molecule has 1 aliphatic heterocycles. The maximum Gasteiger partial charge on any atom is 0.459 e. The first-order valence-electron chi connectivity index (χ1n) is 8.76. The summed E-state index contributed by atoms with van der Waals surface area (Å²) in [4.78, 5) is 26.2. The Balaban J connectivity index is 1.65. The van der Waals surface area contributed by atoms with Crippen LogP contribution in [-0.4, -0.2) is 46.3 Å². The molecule has 0 saturated carbocycles. The molecule has 0 amide bonds. The number of carbonyl (C=O) groups is 1. The summed E-state index contributed by atoms with van der Waals surface area (Å²) in [5.74, 6) is 0.345. The predicted molar refractivity (Wildman–Crippen MR) is 102 cm³/mol. The molecule has 4 N–H and O–H groups in total. The maximum atomic E-state index is 12.9. The molecular weight excluding hydrogens is 403 g/mol. The van der Waals surface area contributed by atoms with E-state index in [1.54, 1.807) is 30.3 Å². The molecule has 12 heteroatoms. The van der Waals surface area contributed by atoms with Gasteiger partial charge in [0.2, 0.25) is 0 Å². The average molecular weight is 424 g/mol.